The molecular formula is C16H17N3O5. The average Bonchev–Trinajstić information content (AvgIpc) is 3.03. The average molecular weight is 331 g/mol. The van der Waals surface area contributed by atoms with Crippen molar-refractivity contribution in [3.63, 3.8) is 0 Å². The molecule has 24 heavy (non-hydrogen) atoms. The second-order valence-corrected chi connectivity index (χ2v) is 5.47. The number of nitrogens with zero attached hydrogens (tertiary/aromatic N) is 1. The number of fused-ring (bicyclic) bond motifs is 1. The van der Waals surface area contributed by atoms with Gasteiger partial charge in [-0.3, -0.25) is 9.59 Å². The summed E-state index contributed by atoms with van der Waals surface area (Å²) >= 11 is 0. The van der Waals surface area contributed by atoms with Crippen LogP contribution in [0.2, 0.25) is 0 Å². The number of rotatable bonds is 4. The predicted octanol–water partition coefficient (Wildman–Crippen LogP) is 0.210. The Balaban J connectivity index is 1.62. The molecule has 0 aliphatic carbocycles. The minimum atomic E-state index is -1.12. The maximum Gasteiger partial charge on any atom is 0.328 e. The lowest BCUT2D eigenvalue weighted by Crippen LogP contribution is -2.54. The van der Waals surface area contributed by atoms with Crippen LogP contribution >= 0.6 is 0 Å². The van der Waals surface area contributed by atoms with Gasteiger partial charge in [-0.05, 0) is 12.1 Å². The Morgan fingerprint density at radius 1 is 1.33 bits per heavy atom. The molecule has 1 unspecified atom stereocenters. The SMILES string of the molecule is O=C(NCC(=O)N1CCOCC1C(=O)O)c1cc2ccccc2[nH]1. The van der Waals surface area contributed by atoms with Crippen LogP contribution in [-0.4, -0.2) is 65.1 Å². The summed E-state index contributed by atoms with van der Waals surface area (Å²) in [7, 11) is 0. The largest absolute Gasteiger partial charge is 0.480 e. The van der Waals surface area contributed by atoms with Crippen molar-refractivity contribution in [1.82, 2.24) is 15.2 Å². The van der Waals surface area contributed by atoms with Gasteiger partial charge in [0.05, 0.1) is 19.8 Å². The van der Waals surface area contributed by atoms with Gasteiger partial charge >= 0.3 is 5.97 Å². The summed E-state index contributed by atoms with van der Waals surface area (Å²) in [5.74, 6) is -1.99. The molecule has 1 aromatic heterocycles. The van der Waals surface area contributed by atoms with Gasteiger partial charge in [-0.15, -0.1) is 0 Å². The molecule has 1 aliphatic heterocycles. The van der Waals surface area contributed by atoms with E-state index >= 15 is 0 Å². The summed E-state index contributed by atoms with van der Waals surface area (Å²) in [6, 6.07) is 8.13. The molecule has 2 heterocycles. The first-order valence-corrected chi connectivity index (χ1v) is 7.52. The molecule has 3 rings (SSSR count). The molecule has 8 heteroatoms. The van der Waals surface area contributed by atoms with Gasteiger partial charge in [0.1, 0.15) is 5.69 Å². The van der Waals surface area contributed by atoms with Crippen molar-refractivity contribution in [2.75, 3.05) is 26.3 Å². The quantitative estimate of drug-likeness (QED) is 0.741. The number of carbonyl (C=O) groups excluding carboxylic acids is 2. The number of carbonyl (C=O) groups is 3. The Kier molecular flexibility index (Phi) is 4.48. The van der Waals surface area contributed by atoms with Gasteiger partial charge in [0.15, 0.2) is 6.04 Å². The van der Waals surface area contributed by atoms with Crippen LogP contribution < -0.4 is 5.32 Å². The second-order valence-electron chi connectivity index (χ2n) is 5.47. The Hall–Kier alpha value is -2.87. The third kappa shape index (κ3) is 3.23. The summed E-state index contributed by atoms with van der Waals surface area (Å²) in [4.78, 5) is 39.7. The smallest absolute Gasteiger partial charge is 0.328 e. The zero-order valence-corrected chi connectivity index (χ0v) is 12.8. The van der Waals surface area contributed by atoms with Crippen LogP contribution in [0.1, 0.15) is 10.5 Å². The summed E-state index contributed by atoms with van der Waals surface area (Å²) in [5, 5.41) is 12.5. The van der Waals surface area contributed by atoms with Crippen molar-refractivity contribution in [3.8, 4) is 0 Å². The molecular weight excluding hydrogens is 314 g/mol. The molecule has 0 bridgehead atoms. The van der Waals surface area contributed by atoms with Gasteiger partial charge in [0.25, 0.3) is 5.91 Å². The fraction of sp³-hybridized carbons (Fsp3) is 0.312. The van der Waals surface area contributed by atoms with E-state index in [0.717, 1.165) is 10.9 Å². The van der Waals surface area contributed by atoms with Gasteiger partial charge in [-0.2, -0.15) is 0 Å². The molecule has 126 valence electrons. The van der Waals surface area contributed by atoms with Crippen LogP contribution in [0.4, 0.5) is 0 Å². The van der Waals surface area contributed by atoms with Crippen molar-refractivity contribution >= 4 is 28.7 Å². The summed E-state index contributed by atoms with van der Waals surface area (Å²) in [5.41, 5.74) is 1.17. The van der Waals surface area contributed by atoms with Crippen molar-refractivity contribution in [3.05, 3.63) is 36.0 Å². The molecule has 3 N–H and O–H groups in total. The maximum atomic E-state index is 12.2. The van der Waals surface area contributed by atoms with Crippen LogP contribution in [0.15, 0.2) is 30.3 Å². The highest BCUT2D eigenvalue weighted by atomic mass is 16.5. The van der Waals surface area contributed by atoms with E-state index in [9.17, 15) is 14.4 Å². The van der Waals surface area contributed by atoms with E-state index in [1.54, 1.807) is 6.07 Å². The van der Waals surface area contributed by atoms with E-state index < -0.39 is 23.8 Å². The Bertz CT molecular complexity index is 752. The monoisotopic (exact) mass is 331 g/mol. The molecule has 1 aliphatic rings. The van der Waals surface area contributed by atoms with E-state index in [1.165, 1.54) is 4.90 Å². The molecule has 1 fully saturated rings. The summed E-state index contributed by atoms with van der Waals surface area (Å²) in [6.45, 7) is 0.165. The van der Waals surface area contributed by atoms with E-state index in [0.29, 0.717) is 5.69 Å². The number of aliphatic carboxylic acids is 1. The number of hydrogen-bond donors (Lipinski definition) is 3. The first-order valence-electron chi connectivity index (χ1n) is 7.52. The third-order valence-corrected chi connectivity index (χ3v) is 3.91. The van der Waals surface area contributed by atoms with Crippen molar-refractivity contribution < 1.29 is 24.2 Å². The number of hydrogen-bond acceptors (Lipinski definition) is 4. The number of benzene rings is 1. The Morgan fingerprint density at radius 3 is 2.88 bits per heavy atom. The van der Waals surface area contributed by atoms with E-state index in [-0.39, 0.29) is 26.3 Å². The topological polar surface area (TPSA) is 112 Å². The van der Waals surface area contributed by atoms with E-state index in [1.807, 2.05) is 24.3 Å². The van der Waals surface area contributed by atoms with Crippen LogP contribution in [0, 0.1) is 0 Å². The summed E-state index contributed by atoms with van der Waals surface area (Å²) < 4.78 is 5.09. The highest BCUT2D eigenvalue weighted by Crippen LogP contribution is 2.14. The highest BCUT2D eigenvalue weighted by molar-refractivity contribution is 5.99. The van der Waals surface area contributed by atoms with Gasteiger partial charge in [0.2, 0.25) is 5.91 Å². The molecule has 0 radical (unpaired) electrons. The maximum absolute atomic E-state index is 12.2. The molecule has 2 aromatic rings. The first-order chi connectivity index (χ1) is 11.6. The number of ether oxygens (including phenoxy) is 1. The van der Waals surface area contributed by atoms with E-state index in [4.69, 9.17) is 9.84 Å². The number of morpholine rings is 1. The summed E-state index contributed by atoms with van der Waals surface area (Å²) in [6.07, 6.45) is 0. The van der Waals surface area contributed by atoms with Gasteiger partial charge in [0, 0.05) is 17.4 Å². The van der Waals surface area contributed by atoms with Gasteiger partial charge < -0.3 is 25.0 Å². The molecule has 8 nitrogen and oxygen atoms in total. The number of para-hydroxylation sites is 1. The van der Waals surface area contributed by atoms with Gasteiger partial charge in [-0.1, -0.05) is 18.2 Å². The van der Waals surface area contributed by atoms with Crippen molar-refractivity contribution in [2.24, 2.45) is 0 Å². The van der Waals surface area contributed by atoms with Crippen molar-refractivity contribution in [2.45, 2.75) is 6.04 Å². The predicted molar refractivity (Wildman–Crippen MR) is 84.6 cm³/mol. The minimum absolute atomic E-state index is 0.0446. The van der Waals surface area contributed by atoms with Crippen LogP contribution in [0.25, 0.3) is 10.9 Å². The Labute approximate surface area is 137 Å². The van der Waals surface area contributed by atoms with Gasteiger partial charge in [-0.25, -0.2) is 4.79 Å². The minimum Gasteiger partial charge on any atom is -0.480 e. The van der Waals surface area contributed by atoms with Crippen LogP contribution in [0.5, 0.6) is 0 Å². The number of nitrogens with one attached hydrogen (secondary N) is 2. The standard InChI is InChI=1S/C16H17N3O5/c20-14(19-5-6-24-9-13(19)16(22)23)8-17-15(21)12-7-10-3-1-2-4-11(10)18-12/h1-4,7,13,18H,5-6,8-9H2,(H,17,21)(H,22,23). The molecule has 0 spiro atoms. The number of carboxylic acid groups (broad SMARTS) is 1. The number of aromatic nitrogens is 1. The lowest BCUT2D eigenvalue weighted by Gasteiger charge is -2.32. The normalized spacial score (nSPS) is 17.7. The number of amides is 2. The number of aromatic amines is 1. The zero-order chi connectivity index (χ0) is 17.1. The zero-order valence-electron chi connectivity index (χ0n) is 12.8. The van der Waals surface area contributed by atoms with Crippen LogP contribution in [0.3, 0.4) is 0 Å². The molecule has 1 atom stereocenters. The Morgan fingerprint density at radius 2 is 2.12 bits per heavy atom. The van der Waals surface area contributed by atoms with Crippen LogP contribution in [-0.2, 0) is 14.3 Å². The first kappa shape index (κ1) is 16.0. The molecule has 1 aromatic carbocycles. The highest BCUT2D eigenvalue weighted by Gasteiger charge is 2.32. The van der Waals surface area contributed by atoms with Crippen molar-refractivity contribution in [1.29, 1.82) is 0 Å². The number of carboxylic acids is 1. The lowest BCUT2D eigenvalue weighted by atomic mass is 10.2. The fourth-order valence-electron chi connectivity index (χ4n) is 2.66. The van der Waals surface area contributed by atoms with E-state index in [2.05, 4.69) is 10.3 Å². The third-order valence-electron chi connectivity index (χ3n) is 3.91. The molecule has 0 saturated carbocycles. The molecule has 2 amide bonds. The lowest BCUT2D eigenvalue weighted by molar-refractivity contribution is -0.157. The molecule has 1 saturated heterocycles. The number of H-pyrrole nitrogens is 1. The fourth-order valence-corrected chi connectivity index (χ4v) is 2.66. The second kappa shape index (κ2) is 6.71.